The Labute approximate surface area is 120 Å². The number of amides is 2. The number of carbonyl (C=O) groups excluding carboxylic acids is 1. The van der Waals surface area contributed by atoms with E-state index in [9.17, 15) is 14.7 Å². The fourth-order valence-electron chi connectivity index (χ4n) is 2.65. The highest BCUT2D eigenvalue weighted by Gasteiger charge is 2.45. The summed E-state index contributed by atoms with van der Waals surface area (Å²) in [6.45, 7) is 5.34. The standard InChI is InChI=1S/C15H26N2O3/c1-11(2)6-9-17(12-4-5-12)14(20)16-10-15(13(18)19)7-3-8-15/h11-12H,3-10H2,1-2H3,(H,16,20)(H,18,19). The van der Waals surface area contributed by atoms with Crippen molar-refractivity contribution in [1.82, 2.24) is 10.2 Å². The summed E-state index contributed by atoms with van der Waals surface area (Å²) in [6, 6.07) is 0.289. The molecule has 0 unspecified atom stereocenters. The van der Waals surface area contributed by atoms with Gasteiger partial charge in [-0.05, 0) is 38.0 Å². The molecular formula is C15H26N2O3. The predicted molar refractivity (Wildman–Crippen MR) is 76.5 cm³/mol. The molecule has 5 heteroatoms. The average molecular weight is 282 g/mol. The van der Waals surface area contributed by atoms with Crippen LogP contribution in [0, 0.1) is 11.3 Å². The number of carboxylic acids is 1. The molecule has 0 radical (unpaired) electrons. The van der Waals surface area contributed by atoms with Crippen LogP contribution < -0.4 is 5.32 Å². The molecule has 20 heavy (non-hydrogen) atoms. The predicted octanol–water partition coefficient (Wildman–Crippen LogP) is 2.46. The van der Waals surface area contributed by atoms with Gasteiger partial charge in [-0.15, -0.1) is 0 Å². The number of nitrogens with zero attached hydrogens (tertiary/aromatic N) is 1. The highest BCUT2D eigenvalue weighted by atomic mass is 16.4. The van der Waals surface area contributed by atoms with Gasteiger partial charge >= 0.3 is 12.0 Å². The van der Waals surface area contributed by atoms with Crippen LogP contribution in [0.4, 0.5) is 4.79 Å². The number of carboxylic acid groups (broad SMARTS) is 1. The molecule has 0 saturated heterocycles. The third-order valence-corrected chi connectivity index (χ3v) is 4.54. The highest BCUT2D eigenvalue weighted by molar-refractivity contribution is 5.79. The molecule has 2 aliphatic carbocycles. The van der Waals surface area contributed by atoms with Crippen molar-refractivity contribution in [3.63, 3.8) is 0 Å². The zero-order valence-corrected chi connectivity index (χ0v) is 12.5. The van der Waals surface area contributed by atoms with E-state index in [1.54, 1.807) is 0 Å². The van der Waals surface area contributed by atoms with Crippen molar-refractivity contribution in [2.75, 3.05) is 13.1 Å². The van der Waals surface area contributed by atoms with Gasteiger partial charge in [-0.25, -0.2) is 4.79 Å². The second-order valence-electron chi connectivity index (χ2n) is 6.70. The number of hydrogen-bond acceptors (Lipinski definition) is 2. The molecule has 2 N–H and O–H groups in total. The van der Waals surface area contributed by atoms with E-state index < -0.39 is 11.4 Å². The Balaban J connectivity index is 1.83. The summed E-state index contributed by atoms with van der Waals surface area (Å²) in [6.07, 6.45) is 5.46. The molecular weight excluding hydrogens is 256 g/mol. The lowest BCUT2D eigenvalue weighted by molar-refractivity contribution is -0.153. The molecule has 2 rings (SSSR count). The van der Waals surface area contributed by atoms with Gasteiger partial charge in [0.2, 0.25) is 0 Å². The minimum absolute atomic E-state index is 0.0827. The van der Waals surface area contributed by atoms with Crippen molar-refractivity contribution in [1.29, 1.82) is 0 Å². The molecule has 0 heterocycles. The maximum absolute atomic E-state index is 12.3. The smallest absolute Gasteiger partial charge is 0.317 e. The minimum Gasteiger partial charge on any atom is -0.481 e. The summed E-state index contributed by atoms with van der Waals surface area (Å²) in [7, 11) is 0. The van der Waals surface area contributed by atoms with E-state index in [-0.39, 0.29) is 12.6 Å². The van der Waals surface area contributed by atoms with Crippen molar-refractivity contribution in [2.24, 2.45) is 11.3 Å². The maximum atomic E-state index is 12.3. The first-order valence-electron chi connectivity index (χ1n) is 7.72. The molecule has 0 aliphatic heterocycles. The first kappa shape index (κ1) is 15.1. The number of urea groups is 1. The Morgan fingerprint density at radius 3 is 2.40 bits per heavy atom. The number of carbonyl (C=O) groups is 2. The first-order valence-corrected chi connectivity index (χ1v) is 7.72. The summed E-state index contributed by atoms with van der Waals surface area (Å²) in [5.74, 6) is -0.203. The third kappa shape index (κ3) is 3.44. The van der Waals surface area contributed by atoms with Crippen LogP contribution in [0.15, 0.2) is 0 Å². The van der Waals surface area contributed by atoms with Crippen molar-refractivity contribution in [2.45, 2.75) is 58.4 Å². The van der Waals surface area contributed by atoms with E-state index in [1.165, 1.54) is 0 Å². The fourth-order valence-corrected chi connectivity index (χ4v) is 2.65. The Morgan fingerprint density at radius 2 is 2.00 bits per heavy atom. The van der Waals surface area contributed by atoms with Crippen molar-refractivity contribution < 1.29 is 14.7 Å². The molecule has 114 valence electrons. The fraction of sp³-hybridized carbons (Fsp3) is 0.867. The Morgan fingerprint density at radius 1 is 1.35 bits per heavy atom. The van der Waals surface area contributed by atoms with Gasteiger partial charge in [0, 0.05) is 19.1 Å². The number of rotatable bonds is 7. The largest absolute Gasteiger partial charge is 0.481 e. The molecule has 2 amide bonds. The second-order valence-corrected chi connectivity index (χ2v) is 6.70. The van der Waals surface area contributed by atoms with Gasteiger partial charge in [-0.2, -0.15) is 0 Å². The van der Waals surface area contributed by atoms with Gasteiger partial charge < -0.3 is 15.3 Å². The maximum Gasteiger partial charge on any atom is 0.317 e. The van der Waals surface area contributed by atoms with Gasteiger partial charge in [0.05, 0.1) is 5.41 Å². The van der Waals surface area contributed by atoms with Gasteiger partial charge in [-0.1, -0.05) is 20.3 Å². The van der Waals surface area contributed by atoms with Gasteiger partial charge in [0.25, 0.3) is 0 Å². The highest BCUT2D eigenvalue weighted by Crippen LogP contribution is 2.40. The van der Waals surface area contributed by atoms with Crippen molar-refractivity contribution in [3.05, 3.63) is 0 Å². The quantitative estimate of drug-likeness (QED) is 0.753. The molecule has 0 bridgehead atoms. The van der Waals surface area contributed by atoms with E-state index in [4.69, 9.17) is 0 Å². The first-order chi connectivity index (χ1) is 9.44. The lowest BCUT2D eigenvalue weighted by Crippen LogP contribution is -2.51. The van der Waals surface area contributed by atoms with Crippen LogP contribution >= 0.6 is 0 Å². The number of aliphatic carboxylic acids is 1. The molecule has 0 aromatic carbocycles. The van der Waals surface area contributed by atoms with Crippen LogP contribution in [-0.4, -0.2) is 41.1 Å². The summed E-state index contributed by atoms with van der Waals surface area (Å²) in [4.78, 5) is 25.4. The van der Waals surface area contributed by atoms with Crippen LogP contribution in [-0.2, 0) is 4.79 Å². The molecule has 2 aliphatic rings. The molecule has 0 aromatic rings. The Bertz CT molecular complexity index is 373. The van der Waals surface area contributed by atoms with E-state index in [0.29, 0.717) is 24.8 Å². The molecule has 0 aromatic heterocycles. The number of hydrogen-bond donors (Lipinski definition) is 2. The van der Waals surface area contributed by atoms with E-state index >= 15 is 0 Å². The normalized spacial score (nSPS) is 20.4. The summed E-state index contributed by atoms with van der Waals surface area (Å²) < 4.78 is 0. The van der Waals surface area contributed by atoms with Crippen LogP contribution in [0.3, 0.4) is 0 Å². The molecule has 2 fully saturated rings. The van der Waals surface area contributed by atoms with Gasteiger partial charge in [0.1, 0.15) is 0 Å². The molecule has 2 saturated carbocycles. The summed E-state index contributed by atoms with van der Waals surface area (Å²) in [5.41, 5.74) is -0.705. The van der Waals surface area contributed by atoms with E-state index in [2.05, 4.69) is 19.2 Å². The Hall–Kier alpha value is -1.26. The topological polar surface area (TPSA) is 69.6 Å². The van der Waals surface area contributed by atoms with Crippen LogP contribution in [0.25, 0.3) is 0 Å². The lowest BCUT2D eigenvalue weighted by Gasteiger charge is -2.38. The third-order valence-electron chi connectivity index (χ3n) is 4.54. The van der Waals surface area contributed by atoms with Gasteiger partial charge in [-0.3, -0.25) is 4.79 Å². The van der Waals surface area contributed by atoms with Gasteiger partial charge in [0.15, 0.2) is 0 Å². The molecule has 0 atom stereocenters. The monoisotopic (exact) mass is 282 g/mol. The zero-order valence-electron chi connectivity index (χ0n) is 12.5. The molecule has 0 spiro atoms. The summed E-state index contributed by atoms with van der Waals surface area (Å²) >= 11 is 0. The van der Waals surface area contributed by atoms with Crippen LogP contribution in [0.2, 0.25) is 0 Å². The lowest BCUT2D eigenvalue weighted by atomic mass is 9.69. The number of nitrogens with one attached hydrogen (secondary N) is 1. The molecule has 5 nitrogen and oxygen atoms in total. The van der Waals surface area contributed by atoms with E-state index in [0.717, 1.165) is 32.2 Å². The SMILES string of the molecule is CC(C)CCN(C(=O)NCC1(C(=O)O)CCC1)C1CC1. The van der Waals surface area contributed by atoms with E-state index in [1.807, 2.05) is 4.90 Å². The van der Waals surface area contributed by atoms with Crippen molar-refractivity contribution in [3.8, 4) is 0 Å². The van der Waals surface area contributed by atoms with Crippen LogP contribution in [0.5, 0.6) is 0 Å². The minimum atomic E-state index is -0.774. The Kier molecular flexibility index (Phi) is 4.55. The van der Waals surface area contributed by atoms with Crippen molar-refractivity contribution >= 4 is 12.0 Å². The summed E-state index contributed by atoms with van der Waals surface area (Å²) in [5, 5.41) is 12.1. The average Bonchev–Trinajstić information content (AvgIpc) is 3.11. The zero-order chi connectivity index (χ0) is 14.8. The van der Waals surface area contributed by atoms with Crippen LogP contribution in [0.1, 0.15) is 52.4 Å². The second kappa shape index (κ2) is 6.02.